The Labute approximate surface area is 128 Å². The van der Waals surface area contributed by atoms with E-state index < -0.39 is 6.10 Å². The molecule has 6 heteroatoms. The molecular weight excluding hydrogens is 301 g/mol. The van der Waals surface area contributed by atoms with Crippen molar-refractivity contribution in [3.05, 3.63) is 28.2 Å². The third-order valence-electron chi connectivity index (χ3n) is 3.36. The number of β-amino-alcohol motifs (C(OH)–C–C–N with tert-alkyl or cyclic N) is 1. The highest BCUT2D eigenvalue weighted by atomic mass is 35.5. The molecule has 0 aromatic heterocycles. The number of aliphatic hydroxyl groups is 2. The lowest BCUT2D eigenvalue weighted by atomic mass is 10.1. The Morgan fingerprint density at radius 1 is 1.25 bits per heavy atom. The molecule has 0 amide bonds. The Morgan fingerprint density at radius 3 is 2.60 bits per heavy atom. The van der Waals surface area contributed by atoms with E-state index in [1.165, 1.54) is 0 Å². The van der Waals surface area contributed by atoms with Gasteiger partial charge in [-0.3, -0.25) is 0 Å². The summed E-state index contributed by atoms with van der Waals surface area (Å²) >= 11 is 11.7. The lowest BCUT2D eigenvalue weighted by Gasteiger charge is -2.30. The van der Waals surface area contributed by atoms with Crippen LogP contribution in [0.2, 0.25) is 10.0 Å². The Bertz CT molecular complexity index is 436. The third kappa shape index (κ3) is 4.79. The highest BCUT2D eigenvalue weighted by Gasteiger charge is 2.19. The third-order valence-corrected chi connectivity index (χ3v) is 4.10. The second-order valence-corrected chi connectivity index (χ2v) is 5.89. The molecule has 0 bridgehead atoms. The van der Waals surface area contributed by atoms with Gasteiger partial charge in [-0.1, -0.05) is 23.2 Å². The summed E-state index contributed by atoms with van der Waals surface area (Å²) in [6.07, 6.45) is 0.761. The number of piperidine rings is 1. The molecule has 2 rings (SSSR count). The van der Waals surface area contributed by atoms with Gasteiger partial charge in [-0.05, 0) is 25.0 Å². The maximum Gasteiger partial charge on any atom is 0.121 e. The van der Waals surface area contributed by atoms with E-state index in [2.05, 4.69) is 4.90 Å². The molecule has 0 aliphatic carbocycles. The quantitative estimate of drug-likeness (QED) is 0.873. The van der Waals surface area contributed by atoms with Gasteiger partial charge in [0.2, 0.25) is 0 Å². The van der Waals surface area contributed by atoms with Gasteiger partial charge in [0, 0.05) is 25.7 Å². The first-order chi connectivity index (χ1) is 9.54. The number of ether oxygens (including phenoxy) is 1. The van der Waals surface area contributed by atoms with Crippen molar-refractivity contribution in [2.24, 2.45) is 0 Å². The average Bonchev–Trinajstić information content (AvgIpc) is 2.43. The molecule has 1 unspecified atom stereocenters. The number of nitrogens with zero attached hydrogens (tertiary/aromatic N) is 1. The molecule has 20 heavy (non-hydrogen) atoms. The molecule has 4 nitrogen and oxygen atoms in total. The highest BCUT2D eigenvalue weighted by Crippen LogP contribution is 2.26. The zero-order chi connectivity index (χ0) is 14.5. The Balaban J connectivity index is 1.74. The van der Waals surface area contributed by atoms with Crippen LogP contribution in [0.5, 0.6) is 5.75 Å². The van der Waals surface area contributed by atoms with E-state index in [0.29, 0.717) is 22.3 Å². The van der Waals surface area contributed by atoms with Crippen molar-refractivity contribution in [1.82, 2.24) is 4.90 Å². The van der Waals surface area contributed by atoms with Crippen molar-refractivity contribution in [2.75, 3.05) is 26.2 Å². The maximum atomic E-state index is 9.96. The van der Waals surface area contributed by atoms with Gasteiger partial charge in [-0.2, -0.15) is 0 Å². The van der Waals surface area contributed by atoms with E-state index in [-0.39, 0.29) is 12.7 Å². The van der Waals surface area contributed by atoms with E-state index in [0.717, 1.165) is 25.9 Å². The molecule has 1 aliphatic heterocycles. The zero-order valence-corrected chi connectivity index (χ0v) is 12.6. The van der Waals surface area contributed by atoms with Crippen LogP contribution in [-0.4, -0.2) is 53.6 Å². The Morgan fingerprint density at radius 2 is 1.95 bits per heavy atom. The number of rotatable bonds is 5. The number of hydrogen-bond donors (Lipinski definition) is 2. The zero-order valence-electron chi connectivity index (χ0n) is 11.1. The Hall–Kier alpha value is -0.520. The van der Waals surface area contributed by atoms with E-state index >= 15 is 0 Å². The van der Waals surface area contributed by atoms with Crippen LogP contribution in [0.1, 0.15) is 12.8 Å². The van der Waals surface area contributed by atoms with Crippen LogP contribution in [0, 0.1) is 0 Å². The topological polar surface area (TPSA) is 52.9 Å². The van der Waals surface area contributed by atoms with Crippen LogP contribution >= 0.6 is 23.2 Å². The number of halogens is 2. The fourth-order valence-electron chi connectivity index (χ4n) is 2.21. The lowest BCUT2D eigenvalue weighted by molar-refractivity contribution is 0.0338. The minimum absolute atomic E-state index is 0.198. The highest BCUT2D eigenvalue weighted by molar-refractivity contribution is 6.42. The van der Waals surface area contributed by atoms with E-state index in [9.17, 15) is 10.2 Å². The fourth-order valence-corrected chi connectivity index (χ4v) is 2.50. The largest absolute Gasteiger partial charge is 0.491 e. The molecule has 2 N–H and O–H groups in total. The molecule has 112 valence electrons. The number of aliphatic hydroxyl groups excluding tert-OH is 2. The Kier molecular flexibility index (Phi) is 5.93. The summed E-state index contributed by atoms with van der Waals surface area (Å²) in [6, 6.07) is 5.02. The van der Waals surface area contributed by atoms with Crippen molar-refractivity contribution in [2.45, 2.75) is 25.0 Å². The normalized spacial score (nSPS) is 19.0. The van der Waals surface area contributed by atoms with Gasteiger partial charge in [0.1, 0.15) is 18.5 Å². The molecule has 1 atom stereocenters. The van der Waals surface area contributed by atoms with Crippen molar-refractivity contribution < 1.29 is 14.9 Å². The van der Waals surface area contributed by atoms with Crippen LogP contribution < -0.4 is 4.74 Å². The van der Waals surface area contributed by atoms with Crippen molar-refractivity contribution in [3.63, 3.8) is 0 Å². The molecule has 0 saturated carbocycles. The summed E-state index contributed by atoms with van der Waals surface area (Å²) in [5.41, 5.74) is 0. The molecule has 1 heterocycles. The first kappa shape index (κ1) is 15.9. The molecule has 1 fully saturated rings. The predicted molar refractivity (Wildman–Crippen MR) is 79.6 cm³/mol. The molecule has 1 aromatic carbocycles. The summed E-state index contributed by atoms with van der Waals surface area (Å²) in [6.45, 7) is 2.38. The summed E-state index contributed by atoms with van der Waals surface area (Å²) in [7, 11) is 0. The summed E-state index contributed by atoms with van der Waals surface area (Å²) < 4.78 is 5.50. The minimum atomic E-state index is -0.570. The van der Waals surface area contributed by atoms with Gasteiger partial charge < -0.3 is 19.8 Å². The number of likely N-dealkylation sites (tertiary alicyclic amines) is 1. The average molecular weight is 320 g/mol. The summed E-state index contributed by atoms with van der Waals surface area (Å²) in [4.78, 5) is 2.13. The van der Waals surface area contributed by atoms with E-state index in [1.807, 2.05) is 0 Å². The van der Waals surface area contributed by atoms with Gasteiger partial charge in [0.15, 0.2) is 0 Å². The van der Waals surface area contributed by atoms with Gasteiger partial charge in [0.25, 0.3) is 0 Å². The van der Waals surface area contributed by atoms with Crippen molar-refractivity contribution >= 4 is 23.2 Å². The molecular formula is C14H19Cl2NO3. The van der Waals surface area contributed by atoms with Crippen LogP contribution in [-0.2, 0) is 0 Å². The molecule has 1 aromatic rings. The second kappa shape index (κ2) is 7.48. The summed E-state index contributed by atoms with van der Waals surface area (Å²) in [5.74, 6) is 0.590. The maximum absolute atomic E-state index is 9.96. The first-order valence-corrected chi connectivity index (χ1v) is 7.46. The van der Waals surface area contributed by atoms with Crippen molar-refractivity contribution in [1.29, 1.82) is 0 Å². The molecule has 0 spiro atoms. The van der Waals surface area contributed by atoms with Gasteiger partial charge >= 0.3 is 0 Å². The van der Waals surface area contributed by atoms with E-state index in [1.54, 1.807) is 18.2 Å². The van der Waals surface area contributed by atoms with E-state index in [4.69, 9.17) is 27.9 Å². The van der Waals surface area contributed by atoms with Gasteiger partial charge in [-0.25, -0.2) is 0 Å². The SMILES string of the molecule is OC1CCN(CC(O)COc2ccc(Cl)c(Cl)c2)CC1. The standard InChI is InChI=1S/C14H19Cl2NO3/c15-13-2-1-12(7-14(13)16)20-9-11(19)8-17-5-3-10(18)4-6-17/h1-2,7,10-11,18-19H,3-6,8-9H2. The fraction of sp³-hybridized carbons (Fsp3) is 0.571. The van der Waals surface area contributed by atoms with Crippen LogP contribution in [0.3, 0.4) is 0 Å². The van der Waals surface area contributed by atoms with Crippen LogP contribution in [0.15, 0.2) is 18.2 Å². The number of benzene rings is 1. The summed E-state index contributed by atoms with van der Waals surface area (Å²) in [5, 5.41) is 20.3. The molecule has 1 aliphatic rings. The second-order valence-electron chi connectivity index (χ2n) is 5.07. The molecule has 1 saturated heterocycles. The number of hydrogen-bond acceptors (Lipinski definition) is 4. The molecule has 0 radical (unpaired) electrons. The lowest BCUT2D eigenvalue weighted by Crippen LogP contribution is -2.41. The first-order valence-electron chi connectivity index (χ1n) is 6.71. The van der Waals surface area contributed by atoms with Crippen LogP contribution in [0.25, 0.3) is 0 Å². The monoisotopic (exact) mass is 319 g/mol. The van der Waals surface area contributed by atoms with Crippen LogP contribution in [0.4, 0.5) is 0 Å². The predicted octanol–water partition coefficient (Wildman–Crippen LogP) is 2.19. The van der Waals surface area contributed by atoms with Gasteiger partial charge in [0.05, 0.1) is 16.1 Å². The van der Waals surface area contributed by atoms with Crippen molar-refractivity contribution in [3.8, 4) is 5.75 Å². The smallest absolute Gasteiger partial charge is 0.121 e. The minimum Gasteiger partial charge on any atom is -0.491 e. The van der Waals surface area contributed by atoms with Gasteiger partial charge in [-0.15, -0.1) is 0 Å².